The summed E-state index contributed by atoms with van der Waals surface area (Å²) in [6.45, 7) is 3.11. The van der Waals surface area contributed by atoms with E-state index >= 15 is 0 Å². The molecular formula is C7H10BrN. The maximum absolute atomic E-state index is 3.43. The lowest BCUT2D eigenvalue weighted by Crippen LogP contribution is -2.19. The summed E-state index contributed by atoms with van der Waals surface area (Å²) in [7, 11) is 2.08. The van der Waals surface area contributed by atoms with Crippen LogP contribution in [0.1, 0.15) is 6.92 Å². The number of allylic oxidation sites excluding steroid dienone is 3. The number of hydrogen-bond acceptors (Lipinski definition) is 1. The molecule has 0 N–H and O–H groups in total. The molecule has 9 heavy (non-hydrogen) atoms. The smallest absolute Gasteiger partial charge is 0.0488 e. The van der Waals surface area contributed by atoms with Crippen molar-refractivity contribution in [3.05, 3.63) is 22.3 Å². The number of nitrogens with zero attached hydrogens (tertiary/aromatic N) is 1. The van der Waals surface area contributed by atoms with Crippen molar-refractivity contribution in [1.29, 1.82) is 0 Å². The molecule has 1 aliphatic rings. The second-order valence-corrected chi connectivity index (χ2v) is 3.30. The zero-order chi connectivity index (χ0) is 6.85. The van der Waals surface area contributed by atoms with E-state index in [0.29, 0.717) is 0 Å². The maximum atomic E-state index is 3.43. The average molecular weight is 188 g/mol. The number of hydrogen-bond donors (Lipinski definition) is 0. The van der Waals surface area contributed by atoms with Crippen LogP contribution in [-0.2, 0) is 0 Å². The summed E-state index contributed by atoms with van der Waals surface area (Å²) in [5.74, 6) is 0. The van der Waals surface area contributed by atoms with Crippen molar-refractivity contribution >= 4 is 15.9 Å². The SMILES string of the molecule is CC1=CC=C(Br)CN1C. The molecule has 0 aromatic carbocycles. The summed E-state index contributed by atoms with van der Waals surface area (Å²) in [6.07, 6.45) is 4.20. The van der Waals surface area contributed by atoms with Crippen LogP contribution in [0.3, 0.4) is 0 Å². The quantitative estimate of drug-likeness (QED) is 0.562. The van der Waals surface area contributed by atoms with Gasteiger partial charge in [-0.2, -0.15) is 0 Å². The summed E-state index contributed by atoms with van der Waals surface area (Å²) in [5, 5.41) is 0. The molecular weight excluding hydrogens is 178 g/mol. The van der Waals surface area contributed by atoms with Gasteiger partial charge < -0.3 is 4.90 Å². The standard InChI is InChI=1S/C7H10BrN/c1-6-3-4-7(8)5-9(6)2/h3-4H,5H2,1-2H3. The van der Waals surface area contributed by atoms with Gasteiger partial charge >= 0.3 is 0 Å². The highest BCUT2D eigenvalue weighted by Gasteiger charge is 2.03. The van der Waals surface area contributed by atoms with Crippen LogP contribution < -0.4 is 0 Å². The zero-order valence-electron chi connectivity index (χ0n) is 5.69. The highest BCUT2D eigenvalue weighted by molar-refractivity contribution is 9.11. The first-order chi connectivity index (χ1) is 4.20. The van der Waals surface area contributed by atoms with Crippen molar-refractivity contribution in [1.82, 2.24) is 4.90 Å². The van der Waals surface area contributed by atoms with Crippen LogP contribution in [0, 0.1) is 0 Å². The van der Waals surface area contributed by atoms with Crippen molar-refractivity contribution in [3.8, 4) is 0 Å². The third-order valence-corrected chi connectivity index (χ3v) is 2.01. The van der Waals surface area contributed by atoms with E-state index in [2.05, 4.69) is 47.0 Å². The Morgan fingerprint density at radius 3 is 2.67 bits per heavy atom. The van der Waals surface area contributed by atoms with Gasteiger partial charge in [-0.25, -0.2) is 0 Å². The Morgan fingerprint density at radius 2 is 2.22 bits per heavy atom. The normalized spacial score (nSPS) is 19.2. The van der Waals surface area contributed by atoms with Gasteiger partial charge in [0.25, 0.3) is 0 Å². The van der Waals surface area contributed by atoms with Gasteiger partial charge in [0.05, 0.1) is 0 Å². The van der Waals surface area contributed by atoms with Crippen LogP contribution in [0.4, 0.5) is 0 Å². The Hall–Kier alpha value is -0.240. The van der Waals surface area contributed by atoms with E-state index < -0.39 is 0 Å². The van der Waals surface area contributed by atoms with E-state index in [1.54, 1.807) is 0 Å². The summed E-state index contributed by atoms with van der Waals surface area (Å²) >= 11 is 3.43. The molecule has 0 saturated heterocycles. The fourth-order valence-electron chi connectivity index (χ4n) is 0.742. The molecule has 0 spiro atoms. The lowest BCUT2D eigenvalue weighted by molar-refractivity contribution is 0.458. The van der Waals surface area contributed by atoms with Gasteiger partial charge in [0.15, 0.2) is 0 Å². The molecule has 1 aliphatic heterocycles. The van der Waals surface area contributed by atoms with Gasteiger partial charge in [0, 0.05) is 23.8 Å². The van der Waals surface area contributed by atoms with Crippen LogP contribution in [0.2, 0.25) is 0 Å². The van der Waals surface area contributed by atoms with Crippen molar-refractivity contribution in [2.75, 3.05) is 13.6 Å². The van der Waals surface area contributed by atoms with Gasteiger partial charge in [-0.3, -0.25) is 0 Å². The molecule has 1 nitrogen and oxygen atoms in total. The fraction of sp³-hybridized carbons (Fsp3) is 0.429. The van der Waals surface area contributed by atoms with Crippen LogP contribution in [-0.4, -0.2) is 18.5 Å². The lowest BCUT2D eigenvalue weighted by atomic mass is 10.3. The zero-order valence-corrected chi connectivity index (χ0v) is 7.27. The molecule has 0 aromatic rings. The summed E-state index contributed by atoms with van der Waals surface area (Å²) in [6, 6.07) is 0. The second kappa shape index (κ2) is 2.56. The van der Waals surface area contributed by atoms with Gasteiger partial charge in [-0.05, 0) is 19.1 Å². The predicted octanol–water partition coefficient (Wildman–Crippen LogP) is 2.11. The highest BCUT2D eigenvalue weighted by Crippen LogP contribution is 2.15. The maximum Gasteiger partial charge on any atom is 0.0488 e. The molecule has 1 heterocycles. The summed E-state index contributed by atoms with van der Waals surface area (Å²) in [4.78, 5) is 2.20. The first-order valence-electron chi connectivity index (χ1n) is 2.94. The van der Waals surface area contributed by atoms with E-state index in [9.17, 15) is 0 Å². The van der Waals surface area contributed by atoms with Crippen molar-refractivity contribution in [2.45, 2.75) is 6.92 Å². The Balaban J connectivity index is 2.74. The van der Waals surface area contributed by atoms with Crippen molar-refractivity contribution in [3.63, 3.8) is 0 Å². The first kappa shape index (κ1) is 6.87. The van der Waals surface area contributed by atoms with Gasteiger partial charge in [0.2, 0.25) is 0 Å². The Morgan fingerprint density at radius 1 is 1.56 bits per heavy atom. The number of halogens is 1. The molecule has 0 saturated carbocycles. The van der Waals surface area contributed by atoms with Crippen molar-refractivity contribution < 1.29 is 0 Å². The second-order valence-electron chi connectivity index (χ2n) is 2.28. The number of likely N-dealkylation sites (N-methyl/N-ethyl adjacent to an activating group) is 1. The highest BCUT2D eigenvalue weighted by atomic mass is 79.9. The van der Waals surface area contributed by atoms with E-state index in [-0.39, 0.29) is 0 Å². The molecule has 0 aromatic heterocycles. The third kappa shape index (κ3) is 1.58. The molecule has 0 bridgehead atoms. The van der Waals surface area contributed by atoms with Crippen LogP contribution in [0.5, 0.6) is 0 Å². The minimum Gasteiger partial charge on any atom is -0.373 e. The fourth-order valence-corrected chi connectivity index (χ4v) is 1.25. The Bertz CT molecular complexity index is 170. The number of rotatable bonds is 0. The first-order valence-corrected chi connectivity index (χ1v) is 3.73. The molecule has 0 atom stereocenters. The average Bonchev–Trinajstić information content (AvgIpc) is 1.80. The minimum absolute atomic E-state index is 1.00. The van der Waals surface area contributed by atoms with Gasteiger partial charge in [-0.1, -0.05) is 15.9 Å². The summed E-state index contributed by atoms with van der Waals surface area (Å²) in [5.41, 5.74) is 1.32. The monoisotopic (exact) mass is 187 g/mol. The van der Waals surface area contributed by atoms with E-state index in [0.717, 1.165) is 6.54 Å². The van der Waals surface area contributed by atoms with Crippen LogP contribution in [0.25, 0.3) is 0 Å². The molecule has 0 amide bonds. The lowest BCUT2D eigenvalue weighted by Gasteiger charge is -2.22. The van der Waals surface area contributed by atoms with Gasteiger partial charge in [0.1, 0.15) is 0 Å². The molecule has 0 radical (unpaired) electrons. The molecule has 50 valence electrons. The molecule has 0 fully saturated rings. The van der Waals surface area contributed by atoms with Gasteiger partial charge in [-0.15, -0.1) is 0 Å². The van der Waals surface area contributed by atoms with Crippen LogP contribution in [0.15, 0.2) is 22.3 Å². The van der Waals surface area contributed by atoms with Crippen molar-refractivity contribution in [2.24, 2.45) is 0 Å². The third-order valence-electron chi connectivity index (χ3n) is 1.50. The van der Waals surface area contributed by atoms with E-state index in [1.807, 2.05) is 0 Å². The van der Waals surface area contributed by atoms with E-state index in [4.69, 9.17) is 0 Å². The molecule has 2 heteroatoms. The largest absolute Gasteiger partial charge is 0.373 e. The molecule has 1 rings (SSSR count). The predicted molar refractivity (Wildman–Crippen MR) is 43.4 cm³/mol. The molecule has 0 aliphatic carbocycles. The Kier molecular flexibility index (Phi) is 1.96. The topological polar surface area (TPSA) is 3.24 Å². The summed E-state index contributed by atoms with van der Waals surface area (Å²) < 4.78 is 1.25. The molecule has 0 unspecified atom stereocenters. The minimum atomic E-state index is 1.00. The van der Waals surface area contributed by atoms with Crippen LogP contribution >= 0.6 is 15.9 Å². The van der Waals surface area contributed by atoms with E-state index in [1.165, 1.54) is 10.2 Å². The Labute approximate surface area is 64.2 Å².